The molecule has 2 aromatic heterocycles. The minimum absolute atomic E-state index is 0.423. The highest BCUT2D eigenvalue weighted by Crippen LogP contribution is 2.32. The third-order valence-corrected chi connectivity index (χ3v) is 7.42. The van der Waals surface area contributed by atoms with E-state index in [1.165, 1.54) is 30.8 Å². The second-order valence-corrected chi connectivity index (χ2v) is 10.1. The quantitative estimate of drug-likeness (QED) is 0.202. The van der Waals surface area contributed by atoms with Gasteiger partial charge < -0.3 is 35.1 Å². The standard InChI is InChI=1S/C29H36N6O6/c1-39-20-12-19(13-21(14-20)40-2)8-9-23(37)34-24-26(38)22(15-36)41-29(24)35-17-33-25-27(31-16-32-28(25)35)30-11-10-18-6-4-3-5-7-18/h6,8-9,12-14,16-17,22,24,26,29,36,38H,3-5,7,10-11,15H2,1-2H3,(H,34,37)(H,30,31,32)/b9-8+/t22-,24-,26-,29-/m1/s1. The second kappa shape index (κ2) is 13.1. The van der Waals surface area contributed by atoms with Gasteiger partial charge in [-0.05, 0) is 55.9 Å². The lowest BCUT2D eigenvalue weighted by Crippen LogP contribution is -2.46. The lowest BCUT2D eigenvalue weighted by atomic mass is 9.97. The molecule has 0 bridgehead atoms. The molecule has 4 N–H and O–H groups in total. The lowest BCUT2D eigenvalue weighted by molar-refractivity contribution is -0.118. The fourth-order valence-corrected chi connectivity index (χ4v) is 5.24. The molecular weight excluding hydrogens is 528 g/mol. The van der Waals surface area contributed by atoms with Crippen LogP contribution in [-0.4, -0.2) is 81.3 Å². The van der Waals surface area contributed by atoms with Gasteiger partial charge >= 0.3 is 0 Å². The highest BCUT2D eigenvalue weighted by Gasteiger charge is 2.45. The minimum Gasteiger partial charge on any atom is -0.497 e. The first-order valence-corrected chi connectivity index (χ1v) is 13.8. The smallest absolute Gasteiger partial charge is 0.244 e. The maximum atomic E-state index is 12.9. The number of aliphatic hydroxyl groups excluding tert-OH is 2. The minimum atomic E-state index is -1.17. The van der Waals surface area contributed by atoms with Crippen molar-refractivity contribution >= 4 is 29.0 Å². The normalized spacial score (nSPS) is 22.6. The van der Waals surface area contributed by atoms with Gasteiger partial charge in [0.25, 0.3) is 0 Å². The van der Waals surface area contributed by atoms with Crippen molar-refractivity contribution < 1.29 is 29.2 Å². The maximum Gasteiger partial charge on any atom is 0.244 e. The molecule has 0 spiro atoms. The summed E-state index contributed by atoms with van der Waals surface area (Å²) in [7, 11) is 3.10. The highest BCUT2D eigenvalue weighted by molar-refractivity contribution is 5.92. The number of benzene rings is 1. The number of aromatic nitrogens is 4. The SMILES string of the molecule is COc1cc(/C=C/C(=O)N[C@@H]2[C@H](O)[C@@H](CO)O[C@H]2n2cnc3c(NCCC4=CCCCC4)ncnc32)cc(OC)c1. The van der Waals surface area contributed by atoms with E-state index in [0.717, 1.165) is 25.8 Å². The molecule has 1 aliphatic heterocycles. The van der Waals surface area contributed by atoms with Crippen LogP contribution in [0.25, 0.3) is 17.2 Å². The molecule has 218 valence electrons. The van der Waals surface area contributed by atoms with Crippen molar-refractivity contribution in [3.63, 3.8) is 0 Å². The molecule has 4 atom stereocenters. The van der Waals surface area contributed by atoms with Crippen molar-refractivity contribution in [2.24, 2.45) is 0 Å². The molecule has 1 amide bonds. The molecule has 0 radical (unpaired) electrons. The number of anilines is 1. The number of methoxy groups -OCH3 is 2. The summed E-state index contributed by atoms with van der Waals surface area (Å²) in [6.45, 7) is 0.300. The summed E-state index contributed by atoms with van der Waals surface area (Å²) in [5.41, 5.74) is 3.18. The number of allylic oxidation sites excluding steroid dienone is 1. The van der Waals surface area contributed by atoms with E-state index in [9.17, 15) is 15.0 Å². The lowest BCUT2D eigenvalue weighted by Gasteiger charge is -2.22. The Balaban J connectivity index is 1.32. The van der Waals surface area contributed by atoms with E-state index in [0.29, 0.717) is 34.0 Å². The summed E-state index contributed by atoms with van der Waals surface area (Å²) in [4.78, 5) is 26.2. The monoisotopic (exact) mass is 564 g/mol. The maximum absolute atomic E-state index is 12.9. The van der Waals surface area contributed by atoms with E-state index >= 15 is 0 Å². The number of aliphatic hydroxyl groups is 2. The summed E-state index contributed by atoms with van der Waals surface area (Å²) in [5, 5.41) is 26.9. The number of amides is 1. The third-order valence-electron chi connectivity index (χ3n) is 7.42. The van der Waals surface area contributed by atoms with Crippen molar-refractivity contribution in [1.29, 1.82) is 0 Å². The van der Waals surface area contributed by atoms with Crippen LogP contribution in [0.3, 0.4) is 0 Å². The molecule has 1 fully saturated rings. The molecule has 12 nitrogen and oxygen atoms in total. The van der Waals surface area contributed by atoms with Gasteiger partial charge in [-0.25, -0.2) is 15.0 Å². The molecule has 0 saturated carbocycles. The number of nitrogens with zero attached hydrogens (tertiary/aromatic N) is 4. The zero-order chi connectivity index (χ0) is 28.8. The van der Waals surface area contributed by atoms with Gasteiger partial charge in [0, 0.05) is 18.7 Å². The third kappa shape index (κ3) is 6.50. The Morgan fingerprint density at radius 1 is 1.17 bits per heavy atom. The van der Waals surface area contributed by atoms with E-state index in [-0.39, 0.29) is 0 Å². The van der Waals surface area contributed by atoms with Gasteiger partial charge in [0.15, 0.2) is 23.2 Å². The van der Waals surface area contributed by atoms with Crippen molar-refractivity contribution in [1.82, 2.24) is 24.8 Å². The predicted octanol–water partition coefficient (Wildman–Crippen LogP) is 2.59. The van der Waals surface area contributed by atoms with Crippen molar-refractivity contribution in [2.45, 2.75) is 56.6 Å². The van der Waals surface area contributed by atoms with Gasteiger partial charge in [-0.15, -0.1) is 0 Å². The Kier molecular flexibility index (Phi) is 9.12. The fraction of sp³-hybridized carbons (Fsp3) is 0.448. The average molecular weight is 565 g/mol. The van der Waals surface area contributed by atoms with E-state index < -0.39 is 37.0 Å². The largest absolute Gasteiger partial charge is 0.497 e. The predicted molar refractivity (Wildman–Crippen MR) is 152 cm³/mol. The summed E-state index contributed by atoms with van der Waals surface area (Å²) in [6, 6.07) is 4.38. The number of carbonyl (C=O) groups is 1. The van der Waals surface area contributed by atoms with Crippen LogP contribution in [0.4, 0.5) is 5.82 Å². The zero-order valence-corrected chi connectivity index (χ0v) is 23.2. The van der Waals surface area contributed by atoms with Gasteiger partial charge in [0.2, 0.25) is 5.91 Å². The topological polar surface area (TPSA) is 153 Å². The molecule has 3 heterocycles. The summed E-state index contributed by atoms with van der Waals surface area (Å²) >= 11 is 0. The molecule has 1 saturated heterocycles. The summed E-state index contributed by atoms with van der Waals surface area (Å²) in [5.74, 6) is 1.31. The number of rotatable bonds is 11. The van der Waals surface area contributed by atoms with Gasteiger partial charge in [-0.3, -0.25) is 9.36 Å². The Morgan fingerprint density at radius 2 is 1.98 bits per heavy atom. The summed E-state index contributed by atoms with van der Waals surface area (Å²) in [6.07, 6.45) is 11.0. The van der Waals surface area contributed by atoms with Crippen molar-refractivity contribution in [3.05, 3.63) is 54.1 Å². The van der Waals surface area contributed by atoms with Gasteiger partial charge in [0.05, 0.1) is 27.2 Å². The fourth-order valence-electron chi connectivity index (χ4n) is 5.24. The molecule has 3 aromatic rings. The number of ether oxygens (including phenoxy) is 3. The van der Waals surface area contributed by atoms with Crippen molar-refractivity contribution in [2.75, 3.05) is 32.7 Å². The Bertz CT molecular complexity index is 1400. The molecule has 2 aliphatic rings. The number of carbonyl (C=O) groups excluding carboxylic acids is 1. The van der Waals surface area contributed by atoms with E-state index in [1.807, 2.05) is 0 Å². The number of hydrogen-bond donors (Lipinski definition) is 4. The van der Waals surface area contributed by atoms with Crippen molar-refractivity contribution in [3.8, 4) is 11.5 Å². The molecular formula is C29H36N6O6. The Morgan fingerprint density at radius 3 is 2.68 bits per heavy atom. The summed E-state index contributed by atoms with van der Waals surface area (Å²) < 4.78 is 18.2. The molecule has 1 aromatic carbocycles. The zero-order valence-electron chi connectivity index (χ0n) is 23.2. The first kappa shape index (κ1) is 28.5. The second-order valence-electron chi connectivity index (χ2n) is 10.1. The van der Waals surface area contributed by atoms with Crippen LogP contribution in [0.5, 0.6) is 11.5 Å². The first-order chi connectivity index (χ1) is 20.0. The van der Waals surface area contributed by atoms with Crippen LogP contribution < -0.4 is 20.1 Å². The van der Waals surface area contributed by atoms with Gasteiger partial charge in [-0.2, -0.15) is 0 Å². The van der Waals surface area contributed by atoms with Crippen LogP contribution >= 0.6 is 0 Å². The number of nitrogens with one attached hydrogen (secondary N) is 2. The number of imidazole rings is 1. The van der Waals surface area contributed by atoms with Crippen LogP contribution in [0, 0.1) is 0 Å². The molecule has 5 rings (SSSR count). The molecule has 12 heteroatoms. The van der Waals surface area contributed by atoms with Gasteiger partial charge in [-0.1, -0.05) is 11.6 Å². The Hall–Kier alpha value is -4.00. The van der Waals surface area contributed by atoms with E-state index in [2.05, 4.69) is 31.7 Å². The number of fused-ring (bicyclic) bond motifs is 1. The van der Waals surface area contributed by atoms with E-state index in [1.54, 1.807) is 49.4 Å². The van der Waals surface area contributed by atoms with Crippen LogP contribution in [-0.2, 0) is 9.53 Å². The number of hydrogen-bond acceptors (Lipinski definition) is 10. The average Bonchev–Trinajstić information content (AvgIpc) is 3.57. The molecule has 1 aliphatic carbocycles. The van der Waals surface area contributed by atoms with E-state index in [4.69, 9.17) is 14.2 Å². The van der Waals surface area contributed by atoms with Crippen LogP contribution in [0.1, 0.15) is 43.9 Å². The first-order valence-electron chi connectivity index (χ1n) is 13.8. The Labute approximate surface area is 238 Å². The van der Waals surface area contributed by atoms with Crippen LogP contribution in [0.15, 0.2) is 48.6 Å². The van der Waals surface area contributed by atoms with Gasteiger partial charge in [0.1, 0.15) is 36.1 Å². The molecule has 0 unspecified atom stereocenters. The highest BCUT2D eigenvalue weighted by atomic mass is 16.5. The molecule has 41 heavy (non-hydrogen) atoms. The van der Waals surface area contributed by atoms with Crippen LogP contribution in [0.2, 0.25) is 0 Å².